The van der Waals surface area contributed by atoms with Gasteiger partial charge in [0.2, 0.25) is 5.91 Å². The fourth-order valence-electron chi connectivity index (χ4n) is 2.19. The van der Waals surface area contributed by atoms with Crippen LogP contribution in [0, 0.1) is 0 Å². The standard InChI is InChI=1S/C17H21N3O3/c1-20(2)12-14(13-7-4-3-5-8-13)19-16(21)11-18-17(22)15-9-6-10-23-15/h3-10,14H,11-12H2,1-2H3,(H,18,22)(H,19,21)/t14-/m0/s1. The largest absolute Gasteiger partial charge is 0.459 e. The molecule has 122 valence electrons. The summed E-state index contributed by atoms with van der Waals surface area (Å²) in [5.41, 5.74) is 1.02. The Morgan fingerprint density at radius 3 is 2.48 bits per heavy atom. The van der Waals surface area contributed by atoms with Crippen LogP contribution in [0.2, 0.25) is 0 Å². The van der Waals surface area contributed by atoms with E-state index in [2.05, 4.69) is 10.6 Å². The highest BCUT2D eigenvalue weighted by Gasteiger charge is 2.16. The van der Waals surface area contributed by atoms with Gasteiger partial charge in [-0.05, 0) is 31.8 Å². The van der Waals surface area contributed by atoms with Gasteiger partial charge in [-0.1, -0.05) is 30.3 Å². The predicted octanol–water partition coefficient (Wildman–Crippen LogP) is 1.43. The van der Waals surface area contributed by atoms with E-state index in [0.29, 0.717) is 6.54 Å². The maximum absolute atomic E-state index is 12.1. The van der Waals surface area contributed by atoms with Crippen LogP contribution >= 0.6 is 0 Å². The highest BCUT2D eigenvalue weighted by molar-refractivity contribution is 5.94. The van der Waals surface area contributed by atoms with Gasteiger partial charge in [0.05, 0.1) is 18.8 Å². The lowest BCUT2D eigenvalue weighted by molar-refractivity contribution is -0.121. The normalized spacial score (nSPS) is 12.0. The molecule has 0 fully saturated rings. The van der Waals surface area contributed by atoms with Crippen LogP contribution in [0.1, 0.15) is 22.2 Å². The van der Waals surface area contributed by atoms with Crippen LogP contribution in [0.15, 0.2) is 53.1 Å². The van der Waals surface area contributed by atoms with Gasteiger partial charge in [0.15, 0.2) is 5.76 Å². The summed E-state index contributed by atoms with van der Waals surface area (Å²) in [7, 11) is 3.89. The molecule has 2 amide bonds. The molecular weight excluding hydrogens is 294 g/mol. The van der Waals surface area contributed by atoms with Crippen LogP contribution in [0.4, 0.5) is 0 Å². The van der Waals surface area contributed by atoms with Crippen LogP contribution < -0.4 is 10.6 Å². The van der Waals surface area contributed by atoms with Crippen LogP contribution in [0.25, 0.3) is 0 Å². The van der Waals surface area contributed by atoms with Crippen LogP contribution in [0.5, 0.6) is 0 Å². The van der Waals surface area contributed by atoms with Gasteiger partial charge in [-0.15, -0.1) is 0 Å². The third-order valence-corrected chi connectivity index (χ3v) is 3.24. The van der Waals surface area contributed by atoms with E-state index in [1.54, 1.807) is 12.1 Å². The second-order valence-electron chi connectivity index (χ2n) is 5.45. The zero-order valence-electron chi connectivity index (χ0n) is 13.3. The number of nitrogens with zero attached hydrogens (tertiary/aromatic N) is 1. The molecule has 2 N–H and O–H groups in total. The number of carbonyl (C=O) groups excluding carboxylic acids is 2. The molecule has 23 heavy (non-hydrogen) atoms. The quantitative estimate of drug-likeness (QED) is 0.810. The molecule has 2 rings (SSSR count). The molecular formula is C17H21N3O3. The van der Waals surface area contributed by atoms with Gasteiger partial charge in [0.25, 0.3) is 5.91 Å². The predicted molar refractivity (Wildman–Crippen MR) is 86.9 cm³/mol. The zero-order valence-corrected chi connectivity index (χ0v) is 13.3. The highest BCUT2D eigenvalue weighted by Crippen LogP contribution is 2.13. The molecule has 6 nitrogen and oxygen atoms in total. The Bertz CT molecular complexity index is 624. The van der Waals surface area contributed by atoms with E-state index < -0.39 is 5.91 Å². The van der Waals surface area contributed by atoms with E-state index in [-0.39, 0.29) is 24.3 Å². The van der Waals surface area contributed by atoms with Crippen molar-refractivity contribution in [2.45, 2.75) is 6.04 Å². The Labute approximate surface area is 135 Å². The van der Waals surface area contributed by atoms with Crippen molar-refractivity contribution in [3.63, 3.8) is 0 Å². The average Bonchev–Trinajstić information content (AvgIpc) is 3.07. The minimum atomic E-state index is -0.408. The van der Waals surface area contributed by atoms with E-state index in [4.69, 9.17) is 4.42 Å². The SMILES string of the molecule is CN(C)C[C@H](NC(=O)CNC(=O)c1ccco1)c1ccccc1. The van der Waals surface area contributed by atoms with Gasteiger partial charge in [0, 0.05) is 6.54 Å². The van der Waals surface area contributed by atoms with Crippen molar-refractivity contribution in [1.82, 2.24) is 15.5 Å². The highest BCUT2D eigenvalue weighted by atomic mass is 16.3. The molecule has 1 atom stereocenters. The Kier molecular flexibility index (Phi) is 5.94. The molecule has 6 heteroatoms. The minimum absolute atomic E-state index is 0.101. The summed E-state index contributed by atoms with van der Waals surface area (Å²) in [6, 6.07) is 12.8. The van der Waals surface area contributed by atoms with Crippen molar-refractivity contribution in [2.75, 3.05) is 27.2 Å². The molecule has 0 bridgehead atoms. The molecule has 0 saturated heterocycles. The number of carbonyl (C=O) groups is 2. The number of rotatable bonds is 7. The molecule has 0 aliphatic heterocycles. The maximum Gasteiger partial charge on any atom is 0.287 e. The Morgan fingerprint density at radius 1 is 1.13 bits per heavy atom. The summed E-state index contributed by atoms with van der Waals surface area (Å²) in [6.07, 6.45) is 1.41. The molecule has 1 aromatic carbocycles. The second-order valence-corrected chi connectivity index (χ2v) is 5.45. The first kappa shape index (κ1) is 16.8. The summed E-state index contributed by atoms with van der Waals surface area (Å²) in [4.78, 5) is 25.9. The Morgan fingerprint density at radius 2 is 1.87 bits per heavy atom. The number of benzene rings is 1. The lowest BCUT2D eigenvalue weighted by Gasteiger charge is -2.23. The van der Waals surface area contributed by atoms with E-state index in [0.717, 1.165) is 5.56 Å². The molecule has 2 aromatic rings. The summed E-state index contributed by atoms with van der Waals surface area (Å²) in [5.74, 6) is -0.472. The lowest BCUT2D eigenvalue weighted by atomic mass is 10.1. The van der Waals surface area contributed by atoms with E-state index in [9.17, 15) is 9.59 Å². The topological polar surface area (TPSA) is 74.6 Å². The van der Waals surface area contributed by atoms with E-state index in [1.165, 1.54) is 6.26 Å². The van der Waals surface area contributed by atoms with Gasteiger partial charge >= 0.3 is 0 Å². The molecule has 0 radical (unpaired) electrons. The Balaban J connectivity index is 1.91. The minimum Gasteiger partial charge on any atom is -0.459 e. The third-order valence-electron chi connectivity index (χ3n) is 3.24. The van der Waals surface area contributed by atoms with E-state index in [1.807, 2.05) is 49.3 Å². The molecule has 0 saturated carbocycles. The van der Waals surface area contributed by atoms with Crippen molar-refractivity contribution >= 4 is 11.8 Å². The van der Waals surface area contributed by atoms with Gasteiger partial charge in [-0.2, -0.15) is 0 Å². The summed E-state index contributed by atoms with van der Waals surface area (Å²) >= 11 is 0. The Hall–Kier alpha value is -2.60. The number of hydrogen-bond acceptors (Lipinski definition) is 4. The number of likely N-dealkylation sites (N-methyl/N-ethyl adjacent to an activating group) is 1. The van der Waals surface area contributed by atoms with Crippen molar-refractivity contribution in [1.29, 1.82) is 0 Å². The first-order valence-electron chi connectivity index (χ1n) is 7.37. The second kappa shape index (κ2) is 8.14. The van der Waals surface area contributed by atoms with Gasteiger partial charge < -0.3 is 20.0 Å². The smallest absolute Gasteiger partial charge is 0.287 e. The first-order chi connectivity index (χ1) is 11.1. The zero-order chi connectivity index (χ0) is 16.7. The molecule has 0 unspecified atom stereocenters. The first-order valence-corrected chi connectivity index (χ1v) is 7.37. The van der Waals surface area contributed by atoms with Crippen molar-refractivity contribution in [2.24, 2.45) is 0 Å². The monoisotopic (exact) mass is 315 g/mol. The van der Waals surface area contributed by atoms with Crippen LogP contribution in [-0.2, 0) is 4.79 Å². The number of nitrogens with one attached hydrogen (secondary N) is 2. The number of amides is 2. The summed E-state index contributed by atoms with van der Waals surface area (Å²) in [5, 5.41) is 5.48. The fraction of sp³-hybridized carbons (Fsp3) is 0.294. The van der Waals surface area contributed by atoms with Crippen LogP contribution in [-0.4, -0.2) is 43.9 Å². The molecule has 1 aromatic heterocycles. The lowest BCUT2D eigenvalue weighted by Crippen LogP contribution is -2.41. The summed E-state index contributed by atoms with van der Waals surface area (Å²) in [6.45, 7) is 0.568. The van der Waals surface area contributed by atoms with Crippen LogP contribution in [0.3, 0.4) is 0 Å². The van der Waals surface area contributed by atoms with Crippen molar-refractivity contribution in [3.05, 3.63) is 60.1 Å². The van der Waals surface area contributed by atoms with Gasteiger partial charge in [0.1, 0.15) is 0 Å². The molecule has 1 heterocycles. The van der Waals surface area contributed by atoms with Gasteiger partial charge in [-0.3, -0.25) is 9.59 Å². The molecule has 0 spiro atoms. The molecule has 0 aliphatic carbocycles. The van der Waals surface area contributed by atoms with Crippen molar-refractivity contribution in [3.8, 4) is 0 Å². The number of hydrogen-bond donors (Lipinski definition) is 2. The maximum atomic E-state index is 12.1. The van der Waals surface area contributed by atoms with E-state index >= 15 is 0 Å². The fourth-order valence-corrected chi connectivity index (χ4v) is 2.19. The summed E-state index contributed by atoms with van der Waals surface area (Å²) < 4.78 is 4.98. The molecule has 0 aliphatic rings. The van der Waals surface area contributed by atoms with Crippen molar-refractivity contribution < 1.29 is 14.0 Å². The number of furan rings is 1. The average molecular weight is 315 g/mol. The van der Waals surface area contributed by atoms with Gasteiger partial charge in [-0.25, -0.2) is 0 Å². The third kappa shape index (κ3) is 5.27.